The summed E-state index contributed by atoms with van der Waals surface area (Å²) in [5, 5.41) is 48.5. The second kappa shape index (κ2) is 7.68. The van der Waals surface area contributed by atoms with E-state index in [1.807, 2.05) is 13.8 Å². The number of epoxide rings is 1. The lowest BCUT2D eigenvalue weighted by Gasteiger charge is -2.64. The smallest absolute Gasteiger partial charge is 0.334 e. The van der Waals surface area contributed by atoms with Crippen LogP contribution in [0.4, 0.5) is 0 Å². The lowest BCUT2D eigenvalue weighted by Crippen LogP contribution is -2.74. The van der Waals surface area contributed by atoms with Crippen LogP contribution in [-0.4, -0.2) is 86.1 Å². The van der Waals surface area contributed by atoms with E-state index in [-0.39, 0.29) is 37.1 Å². The molecular formula is C29H42O9. The van der Waals surface area contributed by atoms with Crippen LogP contribution in [0.2, 0.25) is 0 Å². The molecule has 0 aromatic rings. The molecule has 0 aromatic heterocycles. The maximum Gasteiger partial charge on any atom is 0.334 e. The second-order valence-electron chi connectivity index (χ2n) is 13.7. The normalized spacial score (nSPS) is 55.3. The molecule has 6 aliphatic rings. The van der Waals surface area contributed by atoms with E-state index < -0.39 is 63.4 Å². The van der Waals surface area contributed by atoms with Crippen molar-refractivity contribution in [2.45, 2.75) is 126 Å². The monoisotopic (exact) mass is 534 g/mol. The van der Waals surface area contributed by atoms with Crippen LogP contribution in [0.25, 0.3) is 0 Å². The summed E-state index contributed by atoms with van der Waals surface area (Å²) in [6.45, 7) is 8.68. The van der Waals surface area contributed by atoms with Crippen LogP contribution in [0, 0.1) is 22.7 Å². The standard InChI is InChI=1S/C29H42O9/c1-14-11-20(37-23(32)15(14)2)26(5,33)27(34)13-22(36-6)28(35)17-12-21-29(38-21)19(31)8-7-18(30)25(29,4)16(17)9-10-24(27,28)3/h16-17,19-22,31,33-35H,7-13H2,1-6H3/t16-,17+,19-,20+,21+,22-,24+,25-,26-,27-,28-,29+/m0/s1. The molecule has 9 heteroatoms. The first-order chi connectivity index (χ1) is 17.6. The summed E-state index contributed by atoms with van der Waals surface area (Å²) >= 11 is 0. The Bertz CT molecular complexity index is 1130. The van der Waals surface area contributed by atoms with E-state index in [0.29, 0.717) is 31.3 Å². The number of rotatable bonds is 3. The minimum Gasteiger partial charge on any atom is -0.455 e. The topological polar surface area (TPSA) is 146 Å². The minimum absolute atomic E-state index is 0.0492. The van der Waals surface area contributed by atoms with Crippen LogP contribution >= 0.6 is 0 Å². The summed E-state index contributed by atoms with van der Waals surface area (Å²) in [5.41, 5.74) is -7.22. The highest BCUT2D eigenvalue weighted by Gasteiger charge is 2.86. The van der Waals surface area contributed by atoms with Gasteiger partial charge in [-0.05, 0) is 65.2 Å². The molecule has 0 unspecified atom stereocenters. The Kier molecular flexibility index (Phi) is 5.42. The Labute approximate surface area is 223 Å². The molecule has 0 aromatic carbocycles. The molecule has 6 rings (SSSR count). The number of Topliss-reactive ketones (excluding diaryl/α,β-unsaturated/α-hetero) is 1. The fraction of sp³-hybridized carbons (Fsp3) is 0.862. The van der Waals surface area contributed by atoms with E-state index >= 15 is 0 Å². The van der Waals surface area contributed by atoms with Gasteiger partial charge in [0.1, 0.15) is 34.3 Å². The van der Waals surface area contributed by atoms with Gasteiger partial charge < -0.3 is 34.6 Å². The summed E-state index contributed by atoms with van der Waals surface area (Å²) in [5.74, 6) is -1.22. The van der Waals surface area contributed by atoms with Crippen molar-refractivity contribution >= 4 is 11.8 Å². The summed E-state index contributed by atoms with van der Waals surface area (Å²) in [7, 11) is 1.49. The van der Waals surface area contributed by atoms with Crippen molar-refractivity contribution in [1.82, 2.24) is 0 Å². The Hall–Kier alpha value is -1.36. The van der Waals surface area contributed by atoms with Gasteiger partial charge in [-0.3, -0.25) is 4.79 Å². The van der Waals surface area contributed by atoms with Crippen molar-refractivity contribution in [3.63, 3.8) is 0 Å². The molecule has 2 heterocycles. The van der Waals surface area contributed by atoms with Crippen molar-refractivity contribution < 1.29 is 44.2 Å². The third-order valence-corrected chi connectivity index (χ3v) is 12.7. The van der Waals surface area contributed by atoms with Gasteiger partial charge in [0, 0.05) is 37.4 Å². The third-order valence-electron chi connectivity index (χ3n) is 12.7. The number of cyclic esters (lactones) is 1. The number of aliphatic hydroxyl groups is 4. The molecule has 12 atom stereocenters. The first kappa shape index (κ1) is 26.8. The van der Waals surface area contributed by atoms with Crippen molar-refractivity contribution in [3.05, 3.63) is 11.1 Å². The fourth-order valence-corrected chi connectivity index (χ4v) is 10.1. The predicted octanol–water partition coefficient (Wildman–Crippen LogP) is 1.57. The molecule has 1 saturated heterocycles. The quantitative estimate of drug-likeness (QED) is 0.313. The Balaban J connectivity index is 1.44. The lowest BCUT2D eigenvalue weighted by molar-refractivity contribution is -0.289. The average molecular weight is 535 g/mol. The number of carbonyl (C=O) groups is 2. The van der Waals surface area contributed by atoms with Gasteiger partial charge >= 0.3 is 5.97 Å². The average Bonchev–Trinajstić information content (AvgIpc) is 3.57. The van der Waals surface area contributed by atoms with Crippen LogP contribution < -0.4 is 0 Å². The Morgan fingerprint density at radius 1 is 1.11 bits per heavy atom. The summed E-state index contributed by atoms with van der Waals surface area (Å²) < 4.78 is 17.7. The molecule has 1 spiro atoms. The number of esters is 1. The maximum absolute atomic E-state index is 13.5. The van der Waals surface area contributed by atoms with Crippen LogP contribution in [0.3, 0.4) is 0 Å². The van der Waals surface area contributed by atoms with E-state index in [4.69, 9.17) is 14.2 Å². The van der Waals surface area contributed by atoms with Gasteiger partial charge in [0.25, 0.3) is 0 Å². The third kappa shape index (κ3) is 2.65. The van der Waals surface area contributed by atoms with Gasteiger partial charge in [0.2, 0.25) is 0 Å². The van der Waals surface area contributed by atoms with Gasteiger partial charge in [-0.2, -0.15) is 0 Å². The number of hydrogen-bond donors (Lipinski definition) is 4. The highest BCUT2D eigenvalue weighted by atomic mass is 16.6. The van der Waals surface area contributed by atoms with E-state index in [9.17, 15) is 30.0 Å². The summed E-state index contributed by atoms with van der Waals surface area (Å²) in [4.78, 5) is 26.1. The molecule has 38 heavy (non-hydrogen) atoms. The minimum atomic E-state index is -1.90. The van der Waals surface area contributed by atoms with Crippen molar-refractivity contribution in [3.8, 4) is 0 Å². The molecule has 4 N–H and O–H groups in total. The predicted molar refractivity (Wildman–Crippen MR) is 134 cm³/mol. The summed E-state index contributed by atoms with van der Waals surface area (Å²) in [6, 6.07) is 0. The number of methoxy groups -OCH3 is 1. The van der Waals surface area contributed by atoms with Crippen LogP contribution in [-0.2, 0) is 23.8 Å². The molecule has 0 amide bonds. The molecule has 4 saturated carbocycles. The number of aliphatic hydroxyl groups excluding tert-OH is 1. The number of fused-ring (bicyclic) bond motifs is 4. The van der Waals surface area contributed by atoms with Gasteiger partial charge in [-0.25, -0.2) is 4.79 Å². The lowest BCUT2D eigenvalue weighted by atomic mass is 9.41. The first-order valence-corrected chi connectivity index (χ1v) is 14.0. The zero-order valence-electron chi connectivity index (χ0n) is 23.2. The van der Waals surface area contributed by atoms with E-state index in [2.05, 4.69) is 0 Å². The molecule has 2 aliphatic heterocycles. The van der Waals surface area contributed by atoms with Crippen LogP contribution in [0.15, 0.2) is 11.1 Å². The number of hydrogen-bond acceptors (Lipinski definition) is 9. The van der Waals surface area contributed by atoms with Crippen molar-refractivity contribution in [2.75, 3.05) is 7.11 Å². The molecule has 0 radical (unpaired) electrons. The Morgan fingerprint density at radius 2 is 1.79 bits per heavy atom. The Morgan fingerprint density at radius 3 is 2.42 bits per heavy atom. The van der Waals surface area contributed by atoms with Gasteiger partial charge in [-0.1, -0.05) is 12.5 Å². The number of ketones is 1. The van der Waals surface area contributed by atoms with Gasteiger partial charge in [0.15, 0.2) is 0 Å². The van der Waals surface area contributed by atoms with E-state index in [1.165, 1.54) is 14.0 Å². The molecule has 0 bridgehead atoms. The summed E-state index contributed by atoms with van der Waals surface area (Å²) in [6.07, 6.45) is -0.862. The van der Waals surface area contributed by atoms with Gasteiger partial charge in [0.05, 0.1) is 23.7 Å². The fourth-order valence-electron chi connectivity index (χ4n) is 10.1. The van der Waals surface area contributed by atoms with Crippen molar-refractivity contribution in [1.29, 1.82) is 0 Å². The van der Waals surface area contributed by atoms with Crippen LogP contribution in [0.1, 0.15) is 79.6 Å². The number of carbonyl (C=O) groups excluding carboxylic acids is 2. The number of ether oxygens (including phenoxy) is 3. The molecule has 212 valence electrons. The molecular weight excluding hydrogens is 492 g/mol. The molecule has 5 fully saturated rings. The highest BCUT2D eigenvalue weighted by Crippen LogP contribution is 2.75. The van der Waals surface area contributed by atoms with E-state index in [0.717, 1.165) is 5.57 Å². The van der Waals surface area contributed by atoms with E-state index in [1.54, 1.807) is 13.8 Å². The van der Waals surface area contributed by atoms with Crippen LogP contribution in [0.5, 0.6) is 0 Å². The maximum atomic E-state index is 13.5. The zero-order chi connectivity index (χ0) is 27.8. The molecule has 9 nitrogen and oxygen atoms in total. The second-order valence-corrected chi connectivity index (χ2v) is 13.7. The highest BCUT2D eigenvalue weighted by molar-refractivity contribution is 5.90. The SMILES string of the molecule is CO[C@H]1C[C@@](O)([C@@](C)(O)[C@H]2CC(C)=C(C)C(=O)O2)[C@@]2(C)CC[C@H]3[C@@H](C[C@H]4O[C@]45[C@@H](O)CCC(=O)[C@]35C)[C@]12O. The van der Waals surface area contributed by atoms with Crippen molar-refractivity contribution in [2.24, 2.45) is 22.7 Å². The first-order valence-electron chi connectivity index (χ1n) is 14.0. The largest absolute Gasteiger partial charge is 0.455 e. The zero-order valence-corrected chi connectivity index (χ0v) is 23.2. The molecule has 4 aliphatic carbocycles. The van der Waals surface area contributed by atoms with Gasteiger partial charge in [-0.15, -0.1) is 0 Å².